The van der Waals surface area contributed by atoms with E-state index in [1.165, 1.54) is 70.0 Å². The Balaban J connectivity index is 1.17. The van der Waals surface area contributed by atoms with Gasteiger partial charge in [-0.2, -0.15) is 0 Å². The van der Waals surface area contributed by atoms with E-state index in [9.17, 15) is 4.11 Å². The zero-order valence-electron chi connectivity index (χ0n) is 55.0. The second kappa shape index (κ2) is 18.2. The van der Waals surface area contributed by atoms with Gasteiger partial charge in [0.2, 0.25) is 0 Å². The van der Waals surface area contributed by atoms with Crippen LogP contribution in [-0.2, 0) is 37.9 Å². The topological polar surface area (TPSA) is 9.72 Å². The van der Waals surface area contributed by atoms with Gasteiger partial charge < -0.3 is 14.7 Å². The molecule has 0 atom stereocenters. The minimum atomic E-state index is -2.43. The maximum Gasteiger partial charge on any atom is 0.252 e. The molecule has 82 heavy (non-hydrogen) atoms. The Labute approximate surface area is 500 Å². The largest absolute Gasteiger partial charge is 0.311 e. The average Bonchev–Trinajstić information content (AvgIpc) is 0.956. The third-order valence-electron chi connectivity index (χ3n) is 19.9. The van der Waals surface area contributed by atoms with Crippen molar-refractivity contribution >= 4 is 106 Å². The maximum absolute atomic E-state index is 9.49. The molecule has 0 bridgehead atoms. The summed E-state index contributed by atoms with van der Waals surface area (Å²) >= 11 is 1.87. The third kappa shape index (κ3) is 8.62. The molecule has 3 heterocycles. The molecule has 9 aromatic rings. The highest BCUT2D eigenvalue weighted by molar-refractivity contribution is 7.26. The quantitative estimate of drug-likeness (QED) is 0.159. The summed E-state index contributed by atoms with van der Waals surface area (Å²) in [6.07, 6.45) is 4.38. The monoisotopic (exact) mass is 1100 g/mol. The van der Waals surface area contributed by atoms with Crippen molar-refractivity contribution in [2.24, 2.45) is 0 Å². The van der Waals surface area contributed by atoms with Crippen LogP contribution in [0, 0.1) is 6.85 Å². The van der Waals surface area contributed by atoms with Gasteiger partial charge in [0.15, 0.2) is 0 Å². The minimum Gasteiger partial charge on any atom is -0.311 e. The van der Waals surface area contributed by atoms with E-state index in [4.69, 9.17) is 0 Å². The molecule has 2 aliphatic heterocycles. The Bertz CT molecular complexity index is 4140. The highest BCUT2D eigenvalue weighted by Crippen LogP contribution is 2.55. The molecule has 0 amide bonds. The van der Waals surface area contributed by atoms with Crippen molar-refractivity contribution < 1.29 is 4.11 Å². The zero-order chi connectivity index (χ0) is 60.7. The van der Waals surface area contributed by atoms with E-state index >= 15 is 0 Å². The molecule has 418 valence electrons. The molecule has 13 rings (SSSR count). The van der Waals surface area contributed by atoms with E-state index in [-0.39, 0.29) is 44.6 Å². The van der Waals surface area contributed by atoms with Gasteiger partial charge in [-0.05, 0) is 210 Å². The van der Waals surface area contributed by atoms with Gasteiger partial charge in [-0.1, -0.05) is 184 Å². The molecule has 1 aromatic heterocycles. The van der Waals surface area contributed by atoms with Crippen LogP contribution in [-0.4, -0.2) is 6.71 Å². The fraction of sp³-hybridized carbons (Fsp3) is 0.377. The lowest BCUT2D eigenvalue weighted by Crippen LogP contribution is -2.62. The second-order valence-electron chi connectivity index (χ2n) is 30.6. The van der Waals surface area contributed by atoms with Crippen molar-refractivity contribution in [2.75, 3.05) is 14.7 Å². The summed E-state index contributed by atoms with van der Waals surface area (Å²) in [5.74, 6) is 0. The number of nitrogens with zero attached hydrogens (tertiary/aromatic N) is 3. The number of hydrogen-bond acceptors (Lipinski definition) is 4. The van der Waals surface area contributed by atoms with Crippen molar-refractivity contribution in [1.29, 1.82) is 0 Å². The van der Waals surface area contributed by atoms with E-state index in [1.807, 2.05) is 17.4 Å². The van der Waals surface area contributed by atoms with Gasteiger partial charge in [-0.25, -0.2) is 0 Å². The maximum atomic E-state index is 9.49. The molecule has 8 aromatic carbocycles. The second-order valence-corrected chi connectivity index (χ2v) is 31.7. The van der Waals surface area contributed by atoms with Crippen LogP contribution in [0.5, 0.6) is 0 Å². The molecule has 2 aliphatic carbocycles. The fourth-order valence-electron chi connectivity index (χ4n) is 14.8. The van der Waals surface area contributed by atoms with Crippen LogP contribution >= 0.6 is 11.3 Å². The Morgan fingerprint density at radius 2 is 0.976 bits per heavy atom. The van der Waals surface area contributed by atoms with Crippen molar-refractivity contribution in [1.82, 2.24) is 0 Å². The van der Waals surface area contributed by atoms with E-state index in [2.05, 4.69) is 272 Å². The lowest BCUT2D eigenvalue weighted by atomic mass is 9.33. The van der Waals surface area contributed by atoms with Gasteiger partial charge in [0, 0.05) is 69.8 Å². The fourth-order valence-corrected chi connectivity index (χ4v) is 16.2. The number of benzene rings is 8. The van der Waals surface area contributed by atoms with Crippen LogP contribution in [0.2, 0.25) is 0 Å². The summed E-state index contributed by atoms with van der Waals surface area (Å²) in [5, 5.41) is 2.50. The van der Waals surface area contributed by atoms with Crippen LogP contribution in [0.15, 0.2) is 146 Å². The first kappa shape index (κ1) is 51.1. The number of thiophene rings is 1. The first-order chi connectivity index (χ1) is 39.6. The summed E-state index contributed by atoms with van der Waals surface area (Å²) < 4.78 is 31.0. The van der Waals surface area contributed by atoms with Gasteiger partial charge >= 0.3 is 0 Å². The Hall–Kier alpha value is -6.56. The number of anilines is 9. The van der Waals surface area contributed by atoms with E-state index in [0.29, 0.717) is 5.56 Å². The SMILES string of the molecule is [2H]C([2H])([2H])c1cc2c3c(c1)N(c1ccc4c(sc5ccccc54)c1C(C)(C)C)c1cc(N(c4ccc(C(C)(C)C)cc4)c4ccc(C(C)(C)C)cc4)ccc1B3c1cc3c(cc1N2c1ccc2c(c1)C(C)(C)CCC2(C)C)C(C)(C)CCC3(C)C. The first-order valence-corrected chi connectivity index (χ1v) is 31.2. The molecule has 3 nitrogen and oxygen atoms in total. The van der Waals surface area contributed by atoms with Crippen LogP contribution in [0.3, 0.4) is 0 Å². The smallest absolute Gasteiger partial charge is 0.252 e. The van der Waals surface area contributed by atoms with Gasteiger partial charge in [0.05, 0.1) is 5.69 Å². The van der Waals surface area contributed by atoms with Crippen molar-refractivity contribution in [3.8, 4) is 0 Å². The van der Waals surface area contributed by atoms with Crippen LogP contribution in [0.1, 0.15) is 192 Å². The molecular formula is C77H86BN3S. The molecule has 0 spiro atoms. The van der Waals surface area contributed by atoms with Crippen LogP contribution in [0.4, 0.5) is 51.2 Å². The molecule has 0 fully saturated rings. The zero-order valence-corrected chi connectivity index (χ0v) is 52.8. The van der Waals surface area contributed by atoms with Crippen LogP contribution < -0.4 is 31.1 Å². The number of fused-ring (bicyclic) bond motifs is 9. The minimum absolute atomic E-state index is 0.0202. The average molecular weight is 1100 g/mol. The molecule has 0 radical (unpaired) electrons. The first-order valence-electron chi connectivity index (χ1n) is 31.9. The molecule has 5 heteroatoms. The highest BCUT2D eigenvalue weighted by Gasteiger charge is 2.48. The number of hydrogen-bond donors (Lipinski definition) is 0. The summed E-state index contributed by atoms with van der Waals surface area (Å²) in [7, 11) is 0. The van der Waals surface area contributed by atoms with E-state index in [0.717, 1.165) is 82.3 Å². The van der Waals surface area contributed by atoms with Gasteiger partial charge in [0.25, 0.3) is 6.71 Å². The number of rotatable bonds is 5. The van der Waals surface area contributed by atoms with Crippen molar-refractivity contribution in [2.45, 2.75) is 188 Å². The molecule has 0 N–H and O–H groups in total. The predicted molar refractivity (Wildman–Crippen MR) is 359 cm³/mol. The van der Waals surface area contributed by atoms with Crippen molar-refractivity contribution in [3.63, 3.8) is 0 Å². The van der Waals surface area contributed by atoms with Gasteiger partial charge in [-0.3, -0.25) is 0 Å². The highest BCUT2D eigenvalue weighted by atomic mass is 32.1. The molecule has 4 aliphatic rings. The molecular weight excluding hydrogens is 1010 g/mol. The standard InChI is InChI=1S/C77H86BN3S/c1-47-41-65-69-66(42-47)81(62-36-33-55-54-21-19-20-22-67(54)82-70(55)68(62)73(8,9)10)63-44-53(79(50-27-23-48(24-28-50)71(2,3)4)51-29-25-49(26-30-51)72(5,6)7)32-35-60(63)78(69)61-45-58-59(77(17,18)40-39-76(58,15)16)46-64(61)80(65)52-31-34-56-57(43-52)75(13,14)38-37-74(56,11)12/h19-36,41-46H,37-40H2,1-18H3/i1D3. The lowest BCUT2D eigenvalue weighted by molar-refractivity contribution is 0.332. The Morgan fingerprint density at radius 1 is 0.451 bits per heavy atom. The summed E-state index contributed by atoms with van der Waals surface area (Å²) in [4.78, 5) is 7.43. The normalized spacial score (nSPS) is 18.2. The molecule has 0 saturated carbocycles. The molecule has 0 saturated heterocycles. The Kier molecular flexibility index (Phi) is 11.4. The van der Waals surface area contributed by atoms with E-state index in [1.54, 1.807) is 0 Å². The van der Waals surface area contributed by atoms with Crippen molar-refractivity contribution in [3.05, 3.63) is 190 Å². The summed E-state index contributed by atoms with van der Waals surface area (Å²) in [6, 6.07) is 55.5. The predicted octanol–water partition coefficient (Wildman–Crippen LogP) is 20.5. The third-order valence-corrected chi connectivity index (χ3v) is 21.1. The summed E-state index contributed by atoms with van der Waals surface area (Å²) in [5.41, 5.74) is 22.1. The number of aryl methyl sites for hydroxylation is 1. The summed E-state index contributed by atoms with van der Waals surface area (Å²) in [6.45, 7) is 37.4. The van der Waals surface area contributed by atoms with Gasteiger partial charge in [0.1, 0.15) is 0 Å². The van der Waals surface area contributed by atoms with Gasteiger partial charge in [-0.15, -0.1) is 11.3 Å². The van der Waals surface area contributed by atoms with Crippen LogP contribution in [0.25, 0.3) is 20.2 Å². The van der Waals surface area contributed by atoms with E-state index < -0.39 is 6.85 Å². The molecule has 0 unspecified atom stereocenters. The Morgan fingerprint density at radius 3 is 1.55 bits per heavy atom. The lowest BCUT2D eigenvalue weighted by Gasteiger charge is -2.48.